The summed E-state index contributed by atoms with van der Waals surface area (Å²) in [7, 11) is 3.69. The lowest BCUT2D eigenvalue weighted by molar-refractivity contribution is 0.102. The van der Waals surface area contributed by atoms with Crippen LogP contribution >= 0.6 is 0 Å². The normalized spacial score (nSPS) is 14.1. The molecule has 4 aromatic rings. The van der Waals surface area contributed by atoms with E-state index in [-0.39, 0.29) is 11.9 Å². The fourth-order valence-corrected chi connectivity index (χ4v) is 4.32. The largest absolute Gasteiger partial charge is 0.340 e. The molecular weight excluding hydrogens is 390 g/mol. The van der Waals surface area contributed by atoms with E-state index in [0.717, 1.165) is 27.5 Å². The Morgan fingerprint density at radius 3 is 2.61 bits per heavy atom. The molecule has 1 aliphatic heterocycles. The number of urea groups is 1. The van der Waals surface area contributed by atoms with E-state index in [4.69, 9.17) is 0 Å². The standard InChI is InChI=1S/C24H23N5O2/c1-15-14-25-21-17(22(15)29-12-11-27(2)24(29)31)8-6-9-18(21)26-23(30)20-13-16-7-4-5-10-19(16)28(20)3/h4-10,13-14H,11-12H2,1-3H3,(H,26,30). The zero-order valence-corrected chi connectivity index (χ0v) is 17.7. The summed E-state index contributed by atoms with van der Waals surface area (Å²) in [5.74, 6) is -0.202. The smallest absolute Gasteiger partial charge is 0.324 e. The molecule has 2 aromatic heterocycles. The van der Waals surface area contributed by atoms with Crippen molar-refractivity contribution in [2.45, 2.75) is 6.92 Å². The molecule has 0 atom stereocenters. The number of carbonyl (C=O) groups excluding carboxylic acids is 2. The predicted molar refractivity (Wildman–Crippen MR) is 123 cm³/mol. The van der Waals surface area contributed by atoms with Gasteiger partial charge in [0.15, 0.2) is 0 Å². The van der Waals surface area contributed by atoms with Crippen molar-refractivity contribution in [3.63, 3.8) is 0 Å². The molecule has 1 saturated heterocycles. The third-order valence-corrected chi connectivity index (χ3v) is 5.97. The van der Waals surface area contributed by atoms with Crippen LogP contribution in [-0.4, -0.2) is 46.5 Å². The average Bonchev–Trinajstić information content (AvgIpc) is 3.28. The Labute approximate surface area is 179 Å². The minimum Gasteiger partial charge on any atom is -0.340 e. The van der Waals surface area contributed by atoms with Crippen molar-refractivity contribution in [3.05, 3.63) is 66.0 Å². The van der Waals surface area contributed by atoms with Gasteiger partial charge in [-0.1, -0.05) is 30.3 Å². The van der Waals surface area contributed by atoms with Gasteiger partial charge in [-0.15, -0.1) is 0 Å². The van der Waals surface area contributed by atoms with Gasteiger partial charge in [0.25, 0.3) is 5.91 Å². The number of benzene rings is 2. The van der Waals surface area contributed by atoms with Gasteiger partial charge in [0, 0.05) is 49.7 Å². The van der Waals surface area contributed by atoms with Crippen LogP contribution in [-0.2, 0) is 7.05 Å². The fourth-order valence-electron chi connectivity index (χ4n) is 4.32. The molecule has 5 rings (SSSR count). The lowest BCUT2D eigenvalue weighted by Gasteiger charge is -2.21. The van der Waals surface area contributed by atoms with Gasteiger partial charge in [-0.05, 0) is 30.7 Å². The van der Waals surface area contributed by atoms with Crippen LogP contribution in [0.4, 0.5) is 16.2 Å². The zero-order chi connectivity index (χ0) is 21.7. The van der Waals surface area contributed by atoms with Gasteiger partial charge in [-0.3, -0.25) is 14.7 Å². The van der Waals surface area contributed by atoms with Crippen molar-refractivity contribution in [2.24, 2.45) is 7.05 Å². The van der Waals surface area contributed by atoms with E-state index in [0.29, 0.717) is 30.0 Å². The molecule has 156 valence electrons. The molecule has 2 aromatic carbocycles. The third kappa shape index (κ3) is 3.01. The molecule has 1 aliphatic rings. The molecule has 1 fully saturated rings. The van der Waals surface area contributed by atoms with Crippen molar-refractivity contribution in [2.75, 3.05) is 30.4 Å². The molecule has 0 bridgehead atoms. The summed E-state index contributed by atoms with van der Waals surface area (Å²) < 4.78 is 1.89. The van der Waals surface area contributed by atoms with Gasteiger partial charge in [-0.2, -0.15) is 0 Å². The monoisotopic (exact) mass is 413 g/mol. The molecule has 0 radical (unpaired) electrons. The first-order chi connectivity index (χ1) is 15.0. The summed E-state index contributed by atoms with van der Waals surface area (Å²) in [5.41, 5.74) is 4.63. The first-order valence-corrected chi connectivity index (χ1v) is 10.2. The average molecular weight is 413 g/mol. The molecule has 31 heavy (non-hydrogen) atoms. The summed E-state index contributed by atoms with van der Waals surface area (Å²) in [6.07, 6.45) is 1.76. The second-order valence-electron chi connectivity index (χ2n) is 7.95. The molecule has 3 heterocycles. The minimum absolute atomic E-state index is 0.0273. The highest BCUT2D eigenvalue weighted by atomic mass is 16.2. The van der Waals surface area contributed by atoms with E-state index in [1.165, 1.54) is 0 Å². The Morgan fingerprint density at radius 2 is 1.87 bits per heavy atom. The summed E-state index contributed by atoms with van der Waals surface area (Å²) >= 11 is 0. The quantitative estimate of drug-likeness (QED) is 0.548. The maximum Gasteiger partial charge on any atom is 0.324 e. The van der Waals surface area contributed by atoms with Gasteiger partial charge in [0.2, 0.25) is 0 Å². The third-order valence-electron chi connectivity index (χ3n) is 5.97. The molecule has 7 nitrogen and oxygen atoms in total. The van der Waals surface area contributed by atoms with E-state index < -0.39 is 0 Å². The Hall–Kier alpha value is -3.87. The fraction of sp³-hybridized carbons (Fsp3) is 0.208. The first kappa shape index (κ1) is 19.1. The van der Waals surface area contributed by atoms with Crippen LogP contribution in [0.25, 0.3) is 21.8 Å². The highest BCUT2D eigenvalue weighted by Crippen LogP contribution is 2.34. The van der Waals surface area contributed by atoms with Crippen LogP contribution in [0.2, 0.25) is 0 Å². The van der Waals surface area contributed by atoms with Crippen molar-refractivity contribution in [3.8, 4) is 0 Å². The topological polar surface area (TPSA) is 70.5 Å². The zero-order valence-electron chi connectivity index (χ0n) is 17.7. The van der Waals surface area contributed by atoms with Gasteiger partial charge >= 0.3 is 6.03 Å². The summed E-state index contributed by atoms with van der Waals surface area (Å²) in [6, 6.07) is 15.4. The van der Waals surface area contributed by atoms with Crippen molar-refractivity contribution in [1.82, 2.24) is 14.5 Å². The molecule has 1 N–H and O–H groups in total. The Bertz CT molecular complexity index is 1360. The Morgan fingerprint density at radius 1 is 1.06 bits per heavy atom. The van der Waals surface area contributed by atoms with Crippen LogP contribution in [0, 0.1) is 6.92 Å². The number of para-hydroxylation sites is 2. The number of likely N-dealkylation sites (N-methyl/N-ethyl adjacent to an activating group) is 1. The predicted octanol–water partition coefficient (Wildman–Crippen LogP) is 4.16. The number of carbonyl (C=O) groups is 2. The molecular formula is C24H23N5O2. The molecule has 7 heteroatoms. The number of hydrogen-bond acceptors (Lipinski definition) is 3. The van der Waals surface area contributed by atoms with Crippen molar-refractivity contribution in [1.29, 1.82) is 0 Å². The maximum absolute atomic E-state index is 13.1. The number of hydrogen-bond donors (Lipinski definition) is 1. The van der Waals surface area contributed by atoms with Crippen LogP contribution in [0.15, 0.2) is 54.7 Å². The van der Waals surface area contributed by atoms with E-state index in [1.54, 1.807) is 23.0 Å². The SMILES string of the molecule is Cc1cnc2c(NC(=O)c3cc4ccccc4n3C)cccc2c1N1CCN(C)C1=O. The molecule has 0 spiro atoms. The lowest BCUT2D eigenvalue weighted by Crippen LogP contribution is -2.30. The second-order valence-corrected chi connectivity index (χ2v) is 7.95. The van der Waals surface area contributed by atoms with Gasteiger partial charge in [0.05, 0.1) is 16.9 Å². The number of nitrogens with zero attached hydrogens (tertiary/aromatic N) is 4. The molecule has 0 aliphatic carbocycles. The highest BCUT2D eigenvalue weighted by Gasteiger charge is 2.29. The Balaban J connectivity index is 1.56. The Kier molecular flexibility index (Phi) is 4.39. The van der Waals surface area contributed by atoms with Crippen LogP contribution in [0.3, 0.4) is 0 Å². The lowest BCUT2D eigenvalue weighted by atomic mass is 10.1. The first-order valence-electron chi connectivity index (χ1n) is 10.2. The van der Waals surface area contributed by atoms with E-state index >= 15 is 0 Å². The number of amides is 3. The number of rotatable bonds is 3. The second kappa shape index (κ2) is 7.12. The number of fused-ring (bicyclic) bond motifs is 2. The van der Waals surface area contributed by atoms with Crippen LogP contribution in [0.1, 0.15) is 16.1 Å². The van der Waals surface area contributed by atoms with E-state index in [9.17, 15) is 9.59 Å². The number of nitrogens with one attached hydrogen (secondary N) is 1. The van der Waals surface area contributed by atoms with Crippen molar-refractivity contribution < 1.29 is 9.59 Å². The van der Waals surface area contributed by atoms with E-state index in [1.807, 2.05) is 67.1 Å². The van der Waals surface area contributed by atoms with Gasteiger partial charge in [0.1, 0.15) is 5.69 Å². The summed E-state index contributed by atoms with van der Waals surface area (Å²) in [6.45, 7) is 3.26. The summed E-state index contributed by atoms with van der Waals surface area (Å²) in [5, 5.41) is 4.88. The highest BCUT2D eigenvalue weighted by molar-refractivity contribution is 6.12. The molecule has 0 unspecified atom stereocenters. The van der Waals surface area contributed by atoms with Gasteiger partial charge < -0.3 is 14.8 Å². The minimum atomic E-state index is -0.202. The van der Waals surface area contributed by atoms with Gasteiger partial charge in [-0.25, -0.2) is 4.79 Å². The number of anilines is 2. The number of aromatic nitrogens is 2. The molecule has 3 amide bonds. The maximum atomic E-state index is 13.1. The number of aryl methyl sites for hydroxylation is 2. The van der Waals surface area contributed by atoms with E-state index in [2.05, 4.69) is 10.3 Å². The summed E-state index contributed by atoms with van der Waals surface area (Å²) in [4.78, 5) is 33.8. The molecule has 0 saturated carbocycles. The van der Waals surface area contributed by atoms with Crippen LogP contribution in [0.5, 0.6) is 0 Å². The number of pyridine rings is 1. The van der Waals surface area contributed by atoms with Crippen molar-refractivity contribution >= 4 is 45.1 Å². The van der Waals surface area contributed by atoms with Crippen LogP contribution < -0.4 is 10.2 Å².